The van der Waals surface area contributed by atoms with E-state index in [0.717, 1.165) is 4.34 Å². The summed E-state index contributed by atoms with van der Waals surface area (Å²) >= 11 is 2.89. The van der Waals surface area contributed by atoms with E-state index in [0.29, 0.717) is 5.75 Å². The molecule has 1 N–H and O–H groups in total. The zero-order valence-corrected chi connectivity index (χ0v) is 7.15. The molecule has 1 atom stereocenters. The molecule has 5 heteroatoms. The standard InChI is InChI=1S/C5H8N2OS2/c1-4(8)2-9-5-6-3-7-10-5/h3-4,8H,2H2,1H3. The van der Waals surface area contributed by atoms with Gasteiger partial charge in [0.15, 0.2) is 4.34 Å². The van der Waals surface area contributed by atoms with Gasteiger partial charge in [0.2, 0.25) is 0 Å². The largest absolute Gasteiger partial charge is 0.393 e. The minimum Gasteiger partial charge on any atom is -0.393 e. The molecule has 1 aromatic rings. The van der Waals surface area contributed by atoms with Gasteiger partial charge in [-0.2, -0.15) is 4.37 Å². The zero-order valence-electron chi connectivity index (χ0n) is 5.52. The Morgan fingerprint density at radius 3 is 3.20 bits per heavy atom. The molecule has 0 bridgehead atoms. The Kier molecular flexibility index (Phi) is 3.11. The average molecular weight is 176 g/mol. The molecule has 1 unspecified atom stereocenters. The van der Waals surface area contributed by atoms with Crippen LogP contribution in [-0.2, 0) is 0 Å². The van der Waals surface area contributed by atoms with E-state index in [9.17, 15) is 0 Å². The van der Waals surface area contributed by atoms with Gasteiger partial charge in [0.05, 0.1) is 6.10 Å². The van der Waals surface area contributed by atoms with Crippen molar-refractivity contribution in [1.82, 2.24) is 9.36 Å². The average Bonchev–Trinajstić information content (AvgIpc) is 2.34. The first-order chi connectivity index (χ1) is 4.79. The molecule has 0 aliphatic rings. The van der Waals surface area contributed by atoms with E-state index in [1.807, 2.05) is 0 Å². The van der Waals surface area contributed by atoms with Crippen LogP contribution in [0.2, 0.25) is 0 Å². The first kappa shape index (κ1) is 7.97. The first-order valence-electron chi connectivity index (χ1n) is 2.86. The van der Waals surface area contributed by atoms with Gasteiger partial charge in [0.1, 0.15) is 6.33 Å². The molecule has 1 aromatic heterocycles. The van der Waals surface area contributed by atoms with Crippen molar-refractivity contribution >= 4 is 23.3 Å². The van der Waals surface area contributed by atoms with Crippen molar-refractivity contribution in [2.45, 2.75) is 17.4 Å². The molecule has 0 amide bonds. The van der Waals surface area contributed by atoms with Crippen LogP contribution < -0.4 is 0 Å². The molecule has 0 spiro atoms. The summed E-state index contributed by atoms with van der Waals surface area (Å²) in [5.41, 5.74) is 0. The molecular weight excluding hydrogens is 168 g/mol. The Bertz CT molecular complexity index is 176. The van der Waals surface area contributed by atoms with E-state index in [1.54, 1.807) is 6.92 Å². The molecule has 3 nitrogen and oxygen atoms in total. The second-order valence-electron chi connectivity index (χ2n) is 1.87. The van der Waals surface area contributed by atoms with Crippen LogP contribution in [0.1, 0.15) is 6.92 Å². The van der Waals surface area contributed by atoms with Crippen LogP contribution in [0, 0.1) is 0 Å². The van der Waals surface area contributed by atoms with Crippen LogP contribution in [-0.4, -0.2) is 26.3 Å². The van der Waals surface area contributed by atoms with Gasteiger partial charge in [-0.3, -0.25) is 0 Å². The van der Waals surface area contributed by atoms with E-state index in [2.05, 4.69) is 9.36 Å². The fourth-order valence-electron chi connectivity index (χ4n) is 0.418. The lowest BCUT2D eigenvalue weighted by atomic mass is 10.5. The van der Waals surface area contributed by atoms with Gasteiger partial charge in [-0.25, -0.2) is 4.98 Å². The van der Waals surface area contributed by atoms with Crippen LogP contribution in [0.15, 0.2) is 10.7 Å². The summed E-state index contributed by atoms with van der Waals surface area (Å²) in [5.74, 6) is 0.690. The summed E-state index contributed by atoms with van der Waals surface area (Å²) in [6.07, 6.45) is 1.25. The Morgan fingerprint density at radius 2 is 2.70 bits per heavy atom. The number of aliphatic hydroxyl groups excluding tert-OH is 1. The van der Waals surface area contributed by atoms with Crippen molar-refractivity contribution in [3.05, 3.63) is 6.33 Å². The minimum atomic E-state index is -0.270. The van der Waals surface area contributed by atoms with Crippen LogP contribution in [0.25, 0.3) is 0 Å². The number of hydrogen-bond donors (Lipinski definition) is 1. The fraction of sp³-hybridized carbons (Fsp3) is 0.600. The summed E-state index contributed by atoms with van der Waals surface area (Å²) in [4.78, 5) is 3.95. The van der Waals surface area contributed by atoms with Gasteiger partial charge in [-0.1, -0.05) is 11.8 Å². The van der Waals surface area contributed by atoms with Gasteiger partial charge < -0.3 is 5.11 Å². The lowest BCUT2D eigenvalue weighted by Gasteiger charge is -1.98. The van der Waals surface area contributed by atoms with E-state index in [1.165, 1.54) is 29.6 Å². The van der Waals surface area contributed by atoms with Crippen molar-refractivity contribution < 1.29 is 5.11 Å². The van der Waals surface area contributed by atoms with Crippen molar-refractivity contribution in [3.8, 4) is 0 Å². The van der Waals surface area contributed by atoms with E-state index < -0.39 is 0 Å². The molecule has 0 aliphatic carbocycles. The number of aromatic nitrogens is 2. The van der Waals surface area contributed by atoms with E-state index >= 15 is 0 Å². The molecule has 56 valence electrons. The highest BCUT2D eigenvalue weighted by Gasteiger charge is 1.99. The normalized spacial score (nSPS) is 13.4. The van der Waals surface area contributed by atoms with Crippen LogP contribution in [0.5, 0.6) is 0 Å². The summed E-state index contributed by atoms with van der Waals surface area (Å²) in [7, 11) is 0. The number of rotatable bonds is 3. The predicted octanol–water partition coefficient (Wildman–Crippen LogP) is 1.01. The smallest absolute Gasteiger partial charge is 0.169 e. The molecule has 0 aromatic carbocycles. The molecule has 0 saturated carbocycles. The number of nitrogens with zero attached hydrogens (tertiary/aromatic N) is 2. The fourth-order valence-corrected chi connectivity index (χ4v) is 1.75. The maximum absolute atomic E-state index is 8.89. The number of thioether (sulfide) groups is 1. The molecule has 1 heterocycles. The van der Waals surface area contributed by atoms with Gasteiger partial charge >= 0.3 is 0 Å². The Labute approximate surface area is 67.7 Å². The predicted molar refractivity (Wildman–Crippen MR) is 42.3 cm³/mol. The summed E-state index contributed by atoms with van der Waals surface area (Å²) < 4.78 is 4.75. The van der Waals surface area contributed by atoms with E-state index in [-0.39, 0.29) is 6.10 Å². The maximum Gasteiger partial charge on any atom is 0.169 e. The van der Waals surface area contributed by atoms with Crippen molar-refractivity contribution in [2.75, 3.05) is 5.75 Å². The lowest BCUT2D eigenvalue weighted by Crippen LogP contribution is -2.01. The maximum atomic E-state index is 8.89. The summed E-state index contributed by atoms with van der Waals surface area (Å²) in [5, 5.41) is 8.89. The summed E-state index contributed by atoms with van der Waals surface area (Å²) in [6.45, 7) is 1.76. The van der Waals surface area contributed by atoms with Crippen LogP contribution in [0.4, 0.5) is 0 Å². The quantitative estimate of drug-likeness (QED) is 0.698. The molecule has 0 aliphatic heterocycles. The van der Waals surface area contributed by atoms with Gasteiger partial charge in [0.25, 0.3) is 0 Å². The second kappa shape index (κ2) is 3.90. The minimum absolute atomic E-state index is 0.270. The lowest BCUT2D eigenvalue weighted by molar-refractivity contribution is 0.220. The van der Waals surface area contributed by atoms with Gasteiger partial charge in [0, 0.05) is 5.75 Å². The third-order valence-corrected chi connectivity index (χ3v) is 2.83. The van der Waals surface area contributed by atoms with Crippen molar-refractivity contribution in [2.24, 2.45) is 0 Å². The molecular formula is C5H8N2OS2. The van der Waals surface area contributed by atoms with Crippen LogP contribution >= 0.6 is 23.3 Å². The monoisotopic (exact) mass is 176 g/mol. The number of aliphatic hydroxyl groups is 1. The van der Waals surface area contributed by atoms with Crippen LogP contribution in [0.3, 0.4) is 0 Å². The third kappa shape index (κ3) is 2.64. The Hall–Kier alpha value is -0.130. The topological polar surface area (TPSA) is 46.0 Å². The van der Waals surface area contributed by atoms with Gasteiger partial charge in [-0.05, 0) is 18.5 Å². The van der Waals surface area contributed by atoms with Crippen molar-refractivity contribution in [1.29, 1.82) is 0 Å². The molecule has 0 saturated heterocycles. The van der Waals surface area contributed by atoms with Gasteiger partial charge in [-0.15, -0.1) is 0 Å². The molecule has 10 heavy (non-hydrogen) atoms. The SMILES string of the molecule is CC(O)CSc1ncns1. The van der Waals surface area contributed by atoms with Crippen molar-refractivity contribution in [3.63, 3.8) is 0 Å². The summed E-state index contributed by atoms with van der Waals surface area (Å²) in [6, 6.07) is 0. The molecule has 0 fully saturated rings. The third-order valence-electron chi connectivity index (χ3n) is 0.789. The molecule has 1 rings (SSSR count). The first-order valence-corrected chi connectivity index (χ1v) is 4.62. The van der Waals surface area contributed by atoms with E-state index in [4.69, 9.17) is 5.11 Å². The Balaban J connectivity index is 2.28. The highest BCUT2D eigenvalue weighted by atomic mass is 32.2. The number of hydrogen-bond acceptors (Lipinski definition) is 5. The molecule has 0 radical (unpaired) electrons. The Morgan fingerprint density at radius 1 is 1.90 bits per heavy atom. The second-order valence-corrected chi connectivity index (χ2v) is 3.91. The highest BCUT2D eigenvalue weighted by Crippen LogP contribution is 2.18. The highest BCUT2D eigenvalue weighted by molar-refractivity contribution is 8.00. The zero-order chi connectivity index (χ0) is 7.40.